The van der Waals surface area contributed by atoms with Crippen molar-refractivity contribution in [3.63, 3.8) is 0 Å². The van der Waals surface area contributed by atoms with Crippen LogP contribution >= 0.6 is 0 Å². The van der Waals surface area contributed by atoms with Gasteiger partial charge in [0.15, 0.2) is 0 Å². The van der Waals surface area contributed by atoms with Crippen molar-refractivity contribution in [1.29, 1.82) is 0 Å². The molecule has 0 heterocycles. The topological polar surface area (TPSA) is 46.2 Å². The lowest BCUT2D eigenvalue weighted by Crippen LogP contribution is -2.29. The minimum Gasteiger partial charge on any atom is -0.396 e. The van der Waals surface area contributed by atoms with E-state index in [0.717, 1.165) is 12.0 Å². The van der Waals surface area contributed by atoms with Gasteiger partial charge in [-0.15, -0.1) is 0 Å². The number of aliphatic hydroxyl groups is 1. The Bertz CT molecular complexity index is 122. The first-order chi connectivity index (χ1) is 4.45. The molecule has 2 heteroatoms. The van der Waals surface area contributed by atoms with E-state index in [1.807, 2.05) is 26.8 Å². The molecule has 0 unspecified atom stereocenters. The van der Waals surface area contributed by atoms with Crippen molar-refractivity contribution in [2.24, 2.45) is 5.73 Å². The van der Waals surface area contributed by atoms with Crippen LogP contribution in [-0.2, 0) is 0 Å². The summed E-state index contributed by atoms with van der Waals surface area (Å²) < 4.78 is 0. The molecule has 0 radical (unpaired) electrons. The average Bonchev–Trinajstić information content (AvgIpc) is 1.59. The average molecular weight is 143 g/mol. The lowest BCUT2D eigenvalue weighted by atomic mass is 10.0. The predicted octanol–water partition coefficient (Wildman–Crippen LogP) is 1.05. The summed E-state index contributed by atoms with van der Waals surface area (Å²) in [6.45, 7) is 6.06. The number of aliphatic hydroxyl groups excluding tert-OH is 1. The second kappa shape index (κ2) is 3.74. The third kappa shape index (κ3) is 5.79. The Balaban J connectivity index is 3.90. The molecule has 0 aromatic carbocycles. The molecule has 0 bridgehead atoms. The second-order valence-corrected chi connectivity index (χ2v) is 3.29. The van der Waals surface area contributed by atoms with Crippen LogP contribution in [0.2, 0.25) is 0 Å². The Hall–Kier alpha value is -0.340. The van der Waals surface area contributed by atoms with E-state index in [1.165, 1.54) is 0 Å². The standard InChI is InChI=1S/C8H17NO/c1-7(4-5-10)6-8(2,3)9/h6,10H,4-5,9H2,1-3H3. The van der Waals surface area contributed by atoms with E-state index >= 15 is 0 Å². The molecule has 3 N–H and O–H groups in total. The van der Waals surface area contributed by atoms with Crippen molar-refractivity contribution in [2.75, 3.05) is 6.61 Å². The number of rotatable bonds is 3. The lowest BCUT2D eigenvalue weighted by molar-refractivity contribution is 0.299. The van der Waals surface area contributed by atoms with Gasteiger partial charge < -0.3 is 10.8 Å². The monoisotopic (exact) mass is 143 g/mol. The first-order valence-electron chi connectivity index (χ1n) is 3.54. The van der Waals surface area contributed by atoms with Crippen LogP contribution in [0.3, 0.4) is 0 Å². The maximum atomic E-state index is 8.55. The molecule has 0 aliphatic heterocycles. The first-order valence-corrected chi connectivity index (χ1v) is 3.54. The molecule has 0 aromatic rings. The van der Waals surface area contributed by atoms with Gasteiger partial charge in [-0.2, -0.15) is 0 Å². The van der Waals surface area contributed by atoms with Gasteiger partial charge in [-0.25, -0.2) is 0 Å². The molecule has 2 nitrogen and oxygen atoms in total. The van der Waals surface area contributed by atoms with E-state index in [0.29, 0.717) is 0 Å². The van der Waals surface area contributed by atoms with Crippen LogP contribution in [0, 0.1) is 0 Å². The maximum Gasteiger partial charge on any atom is 0.0468 e. The highest BCUT2D eigenvalue weighted by Gasteiger charge is 2.05. The molecule has 0 amide bonds. The van der Waals surface area contributed by atoms with Gasteiger partial charge in [0.25, 0.3) is 0 Å². The van der Waals surface area contributed by atoms with Gasteiger partial charge in [0.05, 0.1) is 0 Å². The minimum atomic E-state index is -0.251. The Kier molecular flexibility index (Phi) is 3.61. The Morgan fingerprint density at radius 2 is 2.10 bits per heavy atom. The Morgan fingerprint density at radius 1 is 1.60 bits per heavy atom. The quantitative estimate of drug-likeness (QED) is 0.580. The zero-order chi connectivity index (χ0) is 8.20. The van der Waals surface area contributed by atoms with E-state index in [4.69, 9.17) is 10.8 Å². The Morgan fingerprint density at radius 3 is 2.40 bits per heavy atom. The van der Waals surface area contributed by atoms with Gasteiger partial charge in [-0.3, -0.25) is 0 Å². The molecule has 0 aliphatic rings. The molecule has 0 atom stereocenters. The van der Waals surface area contributed by atoms with Crippen LogP contribution in [0.4, 0.5) is 0 Å². The fourth-order valence-corrected chi connectivity index (χ4v) is 0.884. The molecule has 0 spiro atoms. The van der Waals surface area contributed by atoms with E-state index in [1.54, 1.807) is 0 Å². The smallest absolute Gasteiger partial charge is 0.0468 e. The summed E-state index contributed by atoms with van der Waals surface area (Å²) in [6.07, 6.45) is 2.70. The van der Waals surface area contributed by atoms with Crippen molar-refractivity contribution in [1.82, 2.24) is 0 Å². The molecule has 10 heavy (non-hydrogen) atoms. The molecule has 0 saturated heterocycles. The van der Waals surface area contributed by atoms with Gasteiger partial charge in [-0.05, 0) is 27.2 Å². The van der Waals surface area contributed by atoms with Crippen molar-refractivity contribution in [2.45, 2.75) is 32.7 Å². The minimum absolute atomic E-state index is 0.207. The molecule has 0 aliphatic carbocycles. The van der Waals surface area contributed by atoms with Gasteiger partial charge >= 0.3 is 0 Å². The van der Waals surface area contributed by atoms with E-state index < -0.39 is 0 Å². The van der Waals surface area contributed by atoms with Gasteiger partial charge in [-0.1, -0.05) is 11.6 Å². The van der Waals surface area contributed by atoms with Crippen LogP contribution in [0.1, 0.15) is 27.2 Å². The van der Waals surface area contributed by atoms with Gasteiger partial charge in [0.1, 0.15) is 0 Å². The third-order valence-corrected chi connectivity index (χ3v) is 1.12. The number of hydrogen-bond donors (Lipinski definition) is 2. The van der Waals surface area contributed by atoms with E-state index in [9.17, 15) is 0 Å². The van der Waals surface area contributed by atoms with Crippen LogP contribution < -0.4 is 5.73 Å². The van der Waals surface area contributed by atoms with Crippen molar-refractivity contribution in [3.8, 4) is 0 Å². The molecule has 0 saturated carbocycles. The summed E-state index contributed by atoms with van der Waals surface area (Å²) in [6, 6.07) is 0. The summed E-state index contributed by atoms with van der Waals surface area (Å²) in [5.74, 6) is 0. The number of hydrogen-bond acceptors (Lipinski definition) is 2. The van der Waals surface area contributed by atoms with E-state index in [2.05, 4.69) is 0 Å². The molecule has 60 valence electrons. The van der Waals surface area contributed by atoms with Gasteiger partial charge in [0, 0.05) is 12.1 Å². The molecule has 0 aromatic heterocycles. The molecule has 0 fully saturated rings. The fourth-order valence-electron chi connectivity index (χ4n) is 0.884. The normalized spacial score (nSPS) is 13.9. The summed E-state index contributed by atoms with van der Waals surface area (Å²) in [7, 11) is 0. The number of nitrogens with two attached hydrogens (primary N) is 1. The predicted molar refractivity (Wildman–Crippen MR) is 43.7 cm³/mol. The summed E-state index contributed by atoms with van der Waals surface area (Å²) >= 11 is 0. The third-order valence-electron chi connectivity index (χ3n) is 1.12. The highest BCUT2D eigenvalue weighted by molar-refractivity contribution is 5.07. The Labute approximate surface area is 62.7 Å². The van der Waals surface area contributed by atoms with Crippen molar-refractivity contribution in [3.05, 3.63) is 11.6 Å². The van der Waals surface area contributed by atoms with Crippen LogP contribution in [0.15, 0.2) is 11.6 Å². The molecule has 0 rings (SSSR count). The summed E-state index contributed by atoms with van der Waals surface area (Å²) in [4.78, 5) is 0. The SMILES string of the molecule is CC(=CC(C)(C)N)CCO. The van der Waals surface area contributed by atoms with Crippen LogP contribution in [0.5, 0.6) is 0 Å². The zero-order valence-electron chi connectivity index (χ0n) is 7.02. The molecular formula is C8H17NO. The van der Waals surface area contributed by atoms with Crippen molar-refractivity contribution < 1.29 is 5.11 Å². The van der Waals surface area contributed by atoms with Crippen molar-refractivity contribution >= 4 is 0 Å². The summed E-state index contributed by atoms with van der Waals surface area (Å²) in [5, 5.41) is 8.55. The maximum absolute atomic E-state index is 8.55. The second-order valence-electron chi connectivity index (χ2n) is 3.29. The zero-order valence-corrected chi connectivity index (χ0v) is 7.02. The highest BCUT2D eigenvalue weighted by Crippen LogP contribution is 2.06. The fraction of sp³-hybridized carbons (Fsp3) is 0.750. The van der Waals surface area contributed by atoms with Gasteiger partial charge in [0.2, 0.25) is 0 Å². The van der Waals surface area contributed by atoms with E-state index in [-0.39, 0.29) is 12.1 Å². The van der Waals surface area contributed by atoms with Crippen LogP contribution in [-0.4, -0.2) is 17.3 Å². The largest absolute Gasteiger partial charge is 0.396 e. The highest BCUT2D eigenvalue weighted by atomic mass is 16.2. The lowest BCUT2D eigenvalue weighted by Gasteiger charge is -2.13. The summed E-state index contributed by atoms with van der Waals surface area (Å²) in [5.41, 5.74) is 6.61. The van der Waals surface area contributed by atoms with Crippen LogP contribution in [0.25, 0.3) is 0 Å². The molecular weight excluding hydrogens is 126 g/mol. The first kappa shape index (κ1) is 9.66.